The predicted molar refractivity (Wildman–Crippen MR) is 87.0 cm³/mol. The smallest absolute Gasteiger partial charge is 0.249 e. The van der Waals surface area contributed by atoms with Crippen molar-refractivity contribution < 1.29 is 9.90 Å². The van der Waals surface area contributed by atoms with Crippen LogP contribution < -0.4 is 5.73 Å². The molecule has 0 aliphatic rings. The van der Waals surface area contributed by atoms with E-state index in [4.69, 9.17) is 5.73 Å². The van der Waals surface area contributed by atoms with Crippen LogP contribution in [0.15, 0.2) is 18.2 Å². The average molecular weight is 297 g/mol. The Morgan fingerprint density at radius 3 is 2.73 bits per heavy atom. The Balaban J connectivity index is 2.29. The van der Waals surface area contributed by atoms with Crippen molar-refractivity contribution in [3.8, 4) is 0 Å². The molecule has 3 aromatic rings. The largest absolute Gasteiger partial charge is 0.393 e. The van der Waals surface area contributed by atoms with Crippen molar-refractivity contribution in [2.24, 2.45) is 5.73 Å². The fourth-order valence-corrected chi connectivity index (χ4v) is 2.92. The van der Waals surface area contributed by atoms with Gasteiger partial charge in [0, 0.05) is 28.5 Å². The number of nitrogens with one attached hydrogen (secondary N) is 1. The van der Waals surface area contributed by atoms with Gasteiger partial charge in [0.2, 0.25) is 5.91 Å². The Hall–Kier alpha value is -2.40. The minimum Gasteiger partial charge on any atom is -0.393 e. The summed E-state index contributed by atoms with van der Waals surface area (Å²) in [6.45, 7) is 5.62. The first kappa shape index (κ1) is 14.5. The summed E-state index contributed by atoms with van der Waals surface area (Å²) in [5.41, 5.74) is 10.3. The number of primary amides is 1. The van der Waals surface area contributed by atoms with E-state index in [-0.39, 0.29) is 0 Å². The van der Waals surface area contributed by atoms with E-state index in [0.29, 0.717) is 12.0 Å². The molecule has 2 heterocycles. The highest BCUT2D eigenvalue weighted by molar-refractivity contribution is 6.10. The van der Waals surface area contributed by atoms with Crippen LogP contribution in [0.4, 0.5) is 0 Å². The van der Waals surface area contributed by atoms with E-state index >= 15 is 0 Å². The van der Waals surface area contributed by atoms with Gasteiger partial charge in [0.05, 0.1) is 11.6 Å². The molecule has 2 aromatic heterocycles. The van der Waals surface area contributed by atoms with Crippen molar-refractivity contribution in [3.63, 3.8) is 0 Å². The van der Waals surface area contributed by atoms with Crippen LogP contribution in [-0.2, 0) is 6.42 Å². The van der Waals surface area contributed by atoms with Crippen LogP contribution in [0.25, 0.3) is 21.9 Å². The Labute approximate surface area is 128 Å². The molecule has 5 heteroatoms. The zero-order chi connectivity index (χ0) is 16.0. The molecule has 0 saturated heterocycles. The third kappa shape index (κ3) is 2.23. The van der Waals surface area contributed by atoms with Gasteiger partial charge in [-0.3, -0.25) is 4.79 Å². The third-order valence-electron chi connectivity index (χ3n) is 4.07. The molecule has 1 atom stereocenters. The van der Waals surface area contributed by atoms with Gasteiger partial charge in [0.25, 0.3) is 0 Å². The number of nitrogens with two attached hydrogens (primary N) is 1. The maximum Gasteiger partial charge on any atom is 0.249 e. The molecule has 0 aliphatic heterocycles. The van der Waals surface area contributed by atoms with Gasteiger partial charge < -0.3 is 15.8 Å². The van der Waals surface area contributed by atoms with Gasteiger partial charge >= 0.3 is 0 Å². The van der Waals surface area contributed by atoms with E-state index in [1.807, 2.05) is 19.9 Å². The maximum absolute atomic E-state index is 11.5. The van der Waals surface area contributed by atoms with Crippen LogP contribution >= 0.6 is 0 Å². The van der Waals surface area contributed by atoms with E-state index in [9.17, 15) is 9.90 Å². The number of rotatable bonds is 3. The number of benzene rings is 1. The minimum absolute atomic E-state index is 0.433. The number of carbonyl (C=O) groups excluding carboxylic acids is 1. The molecule has 0 saturated carbocycles. The number of carbonyl (C=O) groups is 1. The van der Waals surface area contributed by atoms with Crippen LogP contribution in [0.5, 0.6) is 0 Å². The third-order valence-corrected chi connectivity index (χ3v) is 4.07. The molecule has 1 unspecified atom stereocenters. The molecule has 114 valence electrons. The van der Waals surface area contributed by atoms with Crippen molar-refractivity contribution >= 4 is 27.8 Å². The normalized spacial score (nSPS) is 12.9. The van der Waals surface area contributed by atoms with Crippen molar-refractivity contribution in [1.82, 2.24) is 9.97 Å². The van der Waals surface area contributed by atoms with Crippen molar-refractivity contribution in [2.45, 2.75) is 33.3 Å². The molecular weight excluding hydrogens is 278 g/mol. The average Bonchev–Trinajstić information content (AvgIpc) is 2.77. The van der Waals surface area contributed by atoms with E-state index in [0.717, 1.165) is 38.8 Å². The number of aromatic amines is 1. The van der Waals surface area contributed by atoms with Crippen molar-refractivity contribution in [2.75, 3.05) is 0 Å². The standard InChI is InChI=1S/C17H19N3O2/c1-8-6-13-12-5-4-11(16(18)22)10(3)15(12)20-17(13)19-14(8)7-9(2)21/h4-6,9,21H,7H2,1-3H3,(H2,18,22)(H,19,20). The summed E-state index contributed by atoms with van der Waals surface area (Å²) < 4.78 is 0. The Morgan fingerprint density at radius 2 is 2.09 bits per heavy atom. The molecule has 1 aromatic carbocycles. The van der Waals surface area contributed by atoms with E-state index in [2.05, 4.69) is 16.0 Å². The molecule has 3 rings (SSSR count). The second-order valence-corrected chi connectivity index (χ2v) is 5.85. The quantitative estimate of drug-likeness (QED) is 0.693. The Kier molecular flexibility index (Phi) is 3.37. The summed E-state index contributed by atoms with van der Waals surface area (Å²) in [4.78, 5) is 19.4. The lowest BCUT2D eigenvalue weighted by atomic mass is 10.0. The maximum atomic E-state index is 11.5. The molecule has 22 heavy (non-hydrogen) atoms. The second-order valence-electron chi connectivity index (χ2n) is 5.85. The van der Waals surface area contributed by atoms with Crippen LogP contribution in [0.2, 0.25) is 0 Å². The number of fused-ring (bicyclic) bond motifs is 3. The molecule has 0 spiro atoms. The molecule has 0 bridgehead atoms. The van der Waals surface area contributed by atoms with Gasteiger partial charge in [-0.2, -0.15) is 0 Å². The lowest BCUT2D eigenvalue weighted by molar-refractivity contribution is 0.1000. The van der Waals surface area contributed by atoms with Gasteiger partial charge in [-0.15, -0.1) is 0 Å². The number of hydrogen-bond acceptors (Lipinski definition) is 3. The highest BCUT2D eigenvalue weighted by atomic mass is 16.3. The van der Waals surface area contributed by atoms with Gasteiger partial charge in [-0.1, -0.05) is 6.07 Å². The van der Waals surface area contributed by atoms with Crippen LogP contribution in [0.3, 0.4) is 0 Å². The first-order chi connectivity index (χ1) is 10.4. The monoisotopic (exact) mass is 297 g/mol. The lowest BCUT2D eigenvalue weighted by Gasteiger charge is -2.07. The summed E-state index contributed by atoms with van der Waals surface area (Å²) in [6.07, 6.45) is 0.0825. The number of pyridine rings is 1. The Bertz CT molecular complexity index is 894. The first-order valence-corrected chi connectivity index (χ1v) is 7.28. The second kappa shape index (κ2) is 5.10. The highest BCUT2D eigenvalue weighted by Gasteiger charge is 2.15. The number of amides is 1. The van der Waals surface area contributed by atoms with Gasteiger partial charge in [-0.05, 0) is 44.0 Å². The molecule has 0 aliphatic carbocycles. The zero-order valence-electron chi connectivity index (χ0n) is 12.9. The molecule has 1 amide bonds. The van der Waals surface area contributed by atoms with Gasteiger partial charge in [-0.25, -0.2) is 4.98 Å². The SMILES string of the molecule is Cc1cc2c(nc1CC(C)O)[nH]c1c(C)c(C(N)=O)ccc12. The van der Waals surface area contributed by atoms with Crippen LogP contribution in [0.1, 0.15) is 34.1 Å². The lowest BCUT2D eigenvalue weighted by Crippen LogP contribution is -2.12. The molecule has 0 radical (unpaired) electrons. The number of hydrogen-bond donors (Lipinski definition) is 3. The summed E-state index contributed by atoms with van der Waals surface area (Å²) in [6, 6.07) is 5.73. The highest BCUT2D eigenvalue weighted by Crippen LogP contribution is 2.29. The van der Waals surface area contributed by atoms with E-state index < -0.39 is 12.0 Å². The summed E-state index contributed by atoms with van der Waals surface area (Å²) >= 11 is 0. The first-order valence-electron chi connectivity index (χ1n) is 7.28. The topological polar surface area (TPSA) is 92.0 Å². The number of aryl methyl sites for hydroxylation is 2. The predicted octanol–water partition coefficient (Wildman–Crippen LogP) is 2.36. The fraction of sp³-hybridized carbons (Fsp3) is 0.294. The summed E-state index contributed by atoms with van der Waals surface area (Å²) in [5, 5.41) is 11.6. The molecule has 4 N–H and O–H groups in total. The summed E-state index contributed by atoms with van der Waals surface area (Å²) in [5.74, 6) is -0.433. The molecule has 0 fully saturated rings. The summed E-state index contributed by atoms with van der Waals surface area (Å²) in [7, 11) is 0. The van der Waals surface area contributed by atoms with E-state index in [1.54, 1.807) is 13.0 Å². The van der Waals surface area contributed by atoms with Crippen LogP contribution in [0, 0.1) is 13.8 Å². The number of nitrogens with zero attached hydrogens (tertiary/aromatic N) is 1. The number of aliphatic hydroxyl groups excluding tert-OH is 1. The Morgan fingerprint density at radius 1 is 1.36 bits per heavy atom. The van der Waals surface area contributed by atoms with Gasteiger partial charge in [0.15, 0.2) is 0 Å². The molecular formula is C17H19N3O2. The minimum atomic E-state index is -0.434. The van der Waals surface area contributed by atoms with Gasteiger partial charge in [0.1, 0.15) is 5.65 Å². The van der Waals surface area contributed by atoms with Crippen molar-refractivity contribution in [3.05, 3.63) is 40.6 Å². The van der Waals surface area contributed by atoms with Crippen LogP contribution in [-0.4, -0.2) is 27.1 Å². The zero-order valence-corrected chi connectivity index (χ0v) is 12.9. The fourth-order valence-electron chi connectivity index (χ4n) is 2.92. The number of aliphatic hydroxyl groups is 1. The number of aromatic nitrogens is 2. The molecule has 5 nitrogen and oxygen atoms in total. The van der Waals surface area contributed by atoms with E-state index in [1.165, 1.54) is 0 Å². The van der Waals surface area contributed by atoms with Crippen molar-refractivity contribution in [1.29, 1.82) is 0 Å². The number of H-pyrrole nitrogens is 1.